The Balaban J connectivity index is 2.14. The van der Waals surface area contributed by atoms with Gasteiger partial charge in [-0.3, -0.25) is 4.79 Å². The minimum atomic E-state index is -0.158. The molecular weight excluding hydrogens is 374 g/mol. The van der Waals surface area contributed by atoms with Crippen LogP contribution in [0.1, 0.15) is 12.0 Å². The van der Waals surface area contributed by atoms with E-state index in [-0.39, 0.29) is 18.1 Å². The fourth-order valence-corrected chi connectivity index (χ4v) is 2.59. The number of allylic oxidation sites excluding steroid dienone is 2. The summed E-state index contributed by atoms with van der Waals surface area (Å²) in [7, 11) is 3.39. The molecule has 0 aliphatic carbocycles. The molecule has 0 aliphatic heterocycles. The number of hydrogen-bond acceptors (Lipinski definition) is 7. The summed E-state index contributed by atoms with van der Waals surface area (Å²) in [5.41, 5.74) is 2.11. The van der Waals surface area contributed by atoms with Crippen LogP contribution in [-0.2, 0) is 4.79 Å². The minimum Gasteiger partial charge on any atom is -0.506 e. The quantitative estimate of drug-likeness (QED) is 0.431. The molecule has 7 nitrogen and oxygen atoms in total. The van der Waals surface area contributed by atoms with Gasteiger partial charge < -0.3 is 20.6 Å². The van der Waals surface area contributed by atoms with Crippen molar-refractivity contribution in [1.29, 1.82) is 0 Å². The van der Waals surface area contributed by atoms with Gasteiger partial charge in [0.2, 0.25) is 5.91 Å². The van der Waals surface area contributed by atoms with E-state index in [1.54, 1.807) is 38.4 Å². The second-order valence-corrected chi connectivity index (χ2v) is 6.48. The lowest BCUT2D eigenvalue weighted by atomic mass is 10.2. The predicted molar refractivity (Wildman–Crippen MR) is 116 cm³/mol. The van der Waals surface area contributed by atoms with Crippen LogP contribution < -0.4 is 10.6 Å². The van der Waals surface area contributed by atoms with E-state index in [0.717, 1.165) is 23.0 Å². The number of carbonyl (C=O) groups is 1. The molecule has 28 heavy (non-hydrogen) atoms. The molecule has 0 bridgehead atoms. The van der Waals surface area contributed by atoms with Gasteiger partial charge in [0.25, 0.3) is 0 Å². The second kappa shape index (κ2) is 10.1. The number of benzene rings is 1. The monoisotopic (exact) mass is 397 g/mol. The van der Waals surface area contributed by atoms with Crippen LogP contribution in [0.25, 0.3) is 6.08 Å². The van der Waals surface area contributed by atoms with Crippen molar-refractivity contribution in [2.24, 2.45) is 0 Å². The van der Waals surface area contributed by atoms with Crippen molar-refractivity contribution in [3.05, 3.63) is 72.7 Å². The molecule has 2 rings (SSSR count). The van der Waals surface area contributed by atoms with E-state index < -0.39 is 0 Å². The molecule has 3 N–H and O–H groups in total. The molecule has 0 spiro atoms. The second-order valence-electron chi connectivity index (χ2n) is 5.95. The van der Waals surface area contributed by atoms with E-state index in [0.29, 0.717) is 17.3 Å². The molecule has 0 aliphatic rings. The van der Waals surface area contributed by atoms with Crippen LogP contribution in [0.5, 0.6) is 0 Å². The van der Waals surface area contributed by atoms with Crippen molar-refractivity contribution in [2.75, 3.05) is 24.7 Å². The van der Waals surface area contributed by atoms with Crippen LogP contribution in [0, 0.1) is 0 Å². The number of aliphatic hydroxyl groups excluding tert-OH is 1. The highest BCUT2D eigenvalue weighted by atomic mass is 32.1. The first-order valence-corrected chi connectivity index (χ1v) is 9.18. The van der Waals surface area contributed by atoms with E-state index in [9.17, 15) is 9.90 Å². The highest BCUT2D eigenvalue weighted by molar-refractivity contribution is 6.99. The Labute approximate surface area is 168 Å². The van der Waals surface area contributed by atoms with Gasteiger partial charge >= 0.3 is 0 Å². The lowest BCUT2D eigenvalue weighted by molar-refractivity contribution is -0.127. The zero-order chi connectivity index (χ0) is 20.5. The van der Waals surface area contributed by atoms with Gasteiger partial charge in [0, 0.05) is 26.2 Å². The third kappa shape index (κ3) is 5.82. The summed E-state index contributed by atoms with van der Waals surface area (Å²) in [6.07, 6.45) is 7.00. The van der Waals surface area contributed by atoms with Crippen molar-refractivity contribution in [3.8, 4) is 0 Å². The summed E-state index contributed by atoms with van der Waals surface area (Å²) in [5.74, 6) is 0.786. The molecule has 0 unspecified atom stereocenters. The summed E-state index contributed by atoms with van der Waals surface area (Å²) in [6.45, 7) is 7.36. The summed E-state index contributed by atoms with van der Waals surface area (Å²) < 4.78 is 8.48. The number of carbonyl (C=O) groups excluding carboxylic acids is 1. The fourth-order valence-electron chi connectivity index (χ4n) is 2.12. The molecule has 146 valence electrons. The largest absolute Gasteiger partial charge is 0.506 e. The normalized spacial score (nSPS) is 11.3. The molecule has 0 radical (unpaired) electrons. The Bertz CT molecular complexity index is 915. The Morgan fingerprint density at radius 3 is 2.68 bits per heavy atom. The van der Waals surface area contributed by atoms with Gasteiger partial charge in [0.1, 0.15) is 5.76 Å². The molecule has 0 atom stereocenters. The fraction of sp³-hybridized carbons (Fsp3) is 0.150. The molecule has 0 saturated carbocycles. The van der Waals surface area contributed by atoms with E-state index in [2.05, 4.69) is 32.5 Å². The standard InChI is InChI=1S/C20H23N5O2S/c1-5-15-10-6-7-12-17(15)22-20-19(23-28-24-20)21-16(14(2)26)11-8-9-13-18(27)25(3)4/h5-12,26H,1-2,13H2,3-4H3,(H,21,23)(H,22,24)/b9-8-,16-11+. The van der Waals surface area contributed by atoms with Gasteiger partial charge in [-0.2, -0.15) is 8.75 Å². The van der Waals surface area contributed by atoms with Crippen LogP contribution in [0.3, 0.4) is 0 Å². The highest BCUT2D eigenvalue weighted by Gasteiger charge is 2.12. The number of rotatable bonds is 9. The van der Waals surface area contributed by atoms with E-state index >= 15 is 0 Å². The van der Waals surface area contributed by atoms with Crippen molar-refractivity contribution >= 4 is 41.0 Å². The molecule has 0 saturated heterocycles. The predicted octanol–water partition coefficient (Wildman–Crippen LogP) is 4.33. The minimum absolute atomic E-state index is 0.0157. The zero-order valence-electron chi connectivity index (χ0n) is 15.8. The van der Waals surface area contributed by atoms with E-state index in [1.807, 2.05) is 24.3 Å². The third-order valence-corrected chi connectivity index (χ3v) is 4.20. The van der Waals surface area contributed by atoms with Crippen molar-refractivity contribution < 1.29 is 9.90 Å². The van der Waals surface area contributed by atoms with Gasteiger partial charge in [-0.05, 0) is 17.7 Å². The molecule has 0 fully saturated rings. The third-order valence-electron chi connectivity index (χ3n) is 3.68. The number of para-hydroxylation sites is 1. The number of hydrogen-bond donors (Lipinski definition) is 3. The van der Waals surface area contributed by atoms with Gasteiger partial charge in [-0.1, -0.05) is 49.6 Å². The van der Waals surface area contributed by atoms with Gasteiger partial charge in [-0.25, -0.2) is 0 Å². The first-order chi connectivity index (χ1) is 13.4. The maximum absolute atomic E-state index is 11.6. The van der Waals surface area contributed by atoms with Gasteiger partial charge in [0.15, 0.2) is 11.6 Å². The van der Waals surface area contributed by atoms with Crippen molar-refractivity contribution in [2.45, 2.75) is 6.42 Å². The van der Waals surface area contributed by atoms with Crippen LogP contribution in [0.2, 0.25) is 0 Å². The average molecular weight is 398 g/mol. The summed E-state index contributed by atoms with van der Waals surface area (Å²) in [4.78, 5) is 13.1. The van der Waals surface area contributed by atoms with Gasteiger partial charge in [-0.15, -0.1) is 0 Å². The number of aromatic nitrogens is 2. The highest BCUT2D eigenvalue weighted by Crippen LogP contribution is 2.27. The maximum Gasteiger partial charge on any atom is 0.225 e. The summed E-state index contributed by atoms with van der Waals surface area (Å²) in [6, 6.07) is 7.67. The smallest absolute Gasteiger partial charge is 0.225 e. The van der Waals surface area contributed by atoms with Crippen molar-refractivity contribution in [1.82, 2.24) is 13.6 Å². The van der Waals surface area contributed by atoms with E-state index in [1.165, 1.54) is 4.90 Å². The first-order valence-electron chi connectivity index (χ1n) is 8.45. The molecule has 1 aromatic heterocycles. The first kappa shape index (κ1) is 20.9. The number of anilines is 3. The summed E-state index contributed by atoms with van der Waals surface area (Å²) in [5, 5.41) is 16.1. The molecule has 8 heteroatoms. The molecule has 1 amide bonds. The number of nitrogens with zero attached hydrogens (tertiary/aromatic N) is 3. The van der Waals surface area contributed by atoms with E-state index in [4.69, 9.17) is 0 Å². The topological polar surface area (TPSA) is 90.4 Å². The molecular formula is C20H23N5O2S. The Morgan fingerprint density at radius 1 is 1.29 bits per heavy atom. The lowest BCUT2D eigenvalue weighted by Gasteiger charge is -2.11. The Hall–Kier alpha value is -3.39. The molecule has 1 heterocycles. The maximum atomic E-state index is 11.6. The number of aliphatic hydroxyl groups is 1. The Kier molecular flexibility index (Phi) is 7.53. The average Bonchev–Trinajstić information content (AvgIpc) is 3.10. The number of amides is 1. The Morgan fingerprint density at radius 2 is 2.00 bits per heavy atom. The SMILES string of the molecule is C=Cc1ccccc1Nc1nsnc1N/C(=C/C=C\CC(=O)N(C)C)C(=C)O. The van der Waals surface area contributed by atoms with Crippen molar-refractivity contribution in [3.63, 3.8) is 0 Å². The van der Waals surface area contributed by atoms with Gasteiger partial charge in [0.05, 0.1) is 17.4 Å². The number of nitrogens with one attached hydrogen (secondary N) is 2. The van der Waals surface area contributed by atoms with Crippen LogP contribution >= 0.6 is 11.7 Å². The van der Waals surface area contributed by atoms with Crippen LogP contribution in [0.15, 0.2) is 67.1 Å². The van der Waals surface area contributed by atoms with Crippen LogP contribution in [-0.4, -0.2) is 38.8 Å². The molecule has 1 aromatic carbocycles. The summed E-state index contributed by atoms with van der Waals surface area (Å²) >= 11 is 1.03. The zero-order valence-corrected chi connectivity index (χ0v) is 16.7. The molecule has 2 aromatic rings. The van der Waals surface area contributed by atoms with Crippen LogP contribution in [0.4, 0.5) is 17.3 Å². The lowest BCUT2D eigenvalue weighted by Crippen LogP contribution is -2.20.